The molecule has 0 bridgehead atoms. The summed E-state index contributed by atoms with van der Waals surface area (Å²) in [7, 11) is 0. The van der Waals surface area contributed by atoms with E-state index in [0.29, 0.717) is 0 Å². The van der Waals surface area contributed by atoms with E-state index in [1.165, 1.54) is 18.5 Å². The zero-order valence-corrected chi connectivity index (χ0v) is 12.0. The van der Waals surface area contributed by atoms with E-state index in [2.05, 4.69) is 47.1 Å². The summed E-state index contributed by atoms with van der Waals surface area (Å²) < 4.78 is 0. The highest BCUT2D eigenvalue weighted by atomic mass is 16.3. The topological polar surface area (TPSA) is 26.7 Å². The van der Waals surface area contributed by atoms with Gasteiger partial charge in [0.15, 0.2) is 0 Å². The molecule has 3 heteroatoms. The van der Waals surface area contributed by atoms with E-state index >= 15 is 0 Å². The Morgan fingerprint density at radius 3 is 2.79 bits per heavy atom. The van der Waals surface area contributed by atoms with E-state index in [9.17, 15) is 0 Å². The molecule has 2 rings (SSSR count). The largest absolute Gasteiger partial charge is 0.395 e. The number of β-amino-alcohol motifs (C(OH)–C–C–N with tert-alkyl or cyclic N) is 1. The lowest BCUT2D eigenvalue weighted by Crippen LogP contribution is -2.31. The van der Waals surface area contributed by atoms with Gasteiger partial charge in [-0.25, -0.2) is 0 Å². The molecule has 1 fully saturated rings. The molecule has 0 amide bonds. The Morgan fingerprint density at radius 2 is 2.11 bits per heavy atom. The highest BCUT2D eigenvalue weighted by Gasteiger charge is 2.23. The van der Waals surface area contributed by atoms with Gasteiger partial charge < -0.3 is 10.0 Å². The minimum absolute atomic E-state index is 0.286. The SMILES string of the molecule is CCN(Cc1ccccc1)C[C@@H]1CCN(CCO)C1. The molecule has 1 saturated heterocycles. The van der Waals surface area contributed by atoms with Gasteiger partial charge in [-0.2, -0.15) is 0 Å². The summed E-state index contributed by atoms with van der Waals surface area (Å²) in [6, 6.07) is 10.7. The third-order valence-corrected chi connectivity index (χ3v) is 4.00. The first-order valence-corrected chi connectivity index (χ1v) is 7.41. The monoisotopic (exact) mass is 262 g/mol. The number of aliphatic hydroxyl groups is 1. The molecule has 0 aliphatic carbocycles. The van der Waals surface area contributed by atoms with Gasteiger partial charge in [-0.05, 0) is 31.0 Å². The highest BCUT2D eigenvalue weighted by Crippen LogP contribution is 2.18. The average molecular weight is 262 g/mol. The Labute approximate surface area is 116 Å². The molecule has 1 aliphatic heterocycles. The summed E-state index contributed by atoms with van der Waals surface area (Å²) in [5.74, 6) is 0.759. The van der Waals surface area contributed by atoms with Gasteiger partial charge in [0.2, 0.25) is 0 Å². The minimum Gasteiger partial charge on any atom is -0.395 e. The molecule has 0 aromatic heterocycles. The van der Waals surface area contributed by atoms with Crippen molar-refractivity contribution in [2.75, 3.05) is 39.3 Å². The van der Waals surface area contributed by atoms with Crippen molar-refractivity contribution in [1.29, 1.82) is 0 Å². The fourth-order valence-corrected chi connectivity index (χ4v) is 2.92. The maximum atomic E-state index is 8.98. The Morgan fingerprint density at radius 1 is 1.32 bits per heavy atom. The number of aliphatic hydroxyl groups excluding tert-OH is 1. The van der Waals surface area contributed by atoms with E-state index in [1.807, 2.05) is 0 Å². The molecule has 1 aromatic rings. The molecule has 0 unspecified atom stereocenters. The van der Waals surface area contributed by atoms with Crippen LogP contribution in [0.1, 0.15) is 18.9 Å². The minimum atomic E-state index is 0.286. The molecule has 3 nitrogen and oxygen atoms in total. The smallest absolute Gasteiger partial charge is 0.0558 e. The van der Waals surface area contributed by atoms with Crippen LogP contribution in [-0.4, -0.2) is 54.2 Å². The third kappa shape index (κ3) is 4.60. The van der Waals surface area contributed by atoms with Gasteiger partial charge >= 0.3 is 0 Å². The lowest BCUT2D eigenvalue weighted by Gasteiger charge is -2.24. The molecule has 1 atom stereocenters. The molecule has 19 heavy (non-hydrogen) atoms. The van der Waals surface area contributed by atoms with Gasteiger partial charge in [0.1, 0.15) is 0 Å². The zero-order valence-electron chi connectivity index (χ0n) is 12.0. The molecule has 1 heterocycles. The van der Waals surface area contributed by atoms with Gasteiger partial charge in [-0.15, -0.1) is 0 Å². The van der Waals surface area contributed by atoms with Gasteiger partial charge in [0, 0.05) is 26.2 Å². The van der Waals surface area contributed by atoms with Crippen molar-refractivity contribution in [3.8, 4) is 0 Å². The van der Waals surface area contributed by atoms with Crippen molar-refractivity contribution >= 4 is 0 Å². The maximum absolute atomic E-state index is 8.98. The number of rotatable bonds is 7. The van der Waals surface area contributed by atoms with Crippen molar-refractivity contribution in [1.82, 2.24) is 9.80 Å². The summed E-state index contributed by atoms with van der Waals surface area (Å²) >= 11 is 0. The van der Waals surface area contributed by atoms with Crippen LogP contribution in [0.3, 0.4) is 0 Å². The van der Waals surface area contributed by atoms with Crippen molar-refractivity contribution in [2.24, 2.45) is 5.92 Å². The van der Waals surface area contributed by atoms with Crippen LogP contribution in [0.5, 0.6) is 0 Å². The first kappa shape index (κ1) is 14.5. The van der Waals surface area contributed by atoms with Crippen molar-refractivity contribution < 1.29 is 5.11 Å². The van der Waals surface area contributed by atoms with Crippen LogP contribution in [0.25, 0.3) is 0 Å². The molecule has 1 aliphatic rings. The number of nitrogens with zero attached hydrogens (tertiary/aromatic N) is 2. The Kier molecular flexibility index (Phi) is 5.83. The summed E-state index contributed by atoms with van der Waals surface area (Å²) in [5.41, 5.74) is 1.40. The second-order valence-corrected chi connectivity index (χ2v) is 5.49. The van der Waals surface area contributed by atoms with Crippen LogP contribution in [0.15, 0.2) is 30.3 Å². The molecule has 106 valence electrons. The van der Waals surface area contributed by atoms with Crippen molar-refractivity contribution in [2.45, 2.75) is 19.9 Å². The third-order valence-electron chi connectivity index (χ3n) is 4.00. The summed E-state index contributed by atoms with van der Waals surface area (Å²) in [5, 5.41) is 8.98. The zero-order chi connectivity index (χ0) is 13.5. The van der Waals surface area contributed by atoms with E-state index < -0.39 is 0 Å². The maximum Gasteiger partial charge on any atom is 0.0558 e. The Bertz CT molecular complexity index is 355. The highest BCUT2D eigenvalue weighted by molar-refractivity contribution is 5.14. The lowest BCUT2D eigenvalue weighted by molar-refractivity contribution is 0.202. The quantitative estimate of drug-likeness (QED) is 0.812. The number of hydrogen-bond acceptors (Lipinski definition) is 3. The number of hydrogen-bond donors (Lipinski definition) is 1. The molecular formula is C16H26N2O. The fourth-order valence-electron chi connectivity index (χ4n) is 2.92. The molecule has 0 spiro atoms. The van der Waals surface area contributed by atoms with Crippen LogP contribution in [0, 0.1) is 5.92 Å². The van der Waals surface area contributed by atoms with Gasteiger partial charge in [0.05, 0.1) is 6.61 Å². The lowest BCUT2D eigenvalue weighted by atomic mass is 10.1. The van der Waals surface area contributed by atoms with Crippen LogP contribution in [0.4, 0.5) is 0 Å². The Balaban J connectivity index is 1.80. The van der Waals surface area contributed by atoms with Crippen LogP contribution in [0.2, 0.25) is 0 Å². The van der Waals surface area contributed by atoms with Gasteiger partial charge in [0.25, 0.3) is 0 Å². The normalized spacial score (nSPS) is 20.3. The standard InChI is InChI=1S/C16H26N2O/c1-2-17(12-15-6-4-3-5-7-15)13-16-8-9-18(14-16)10-11-19/h3-7,16,19H,2,8-14H2,1H3/t16-/m0/s1. The first-order chi connectivity index (χ1) is 9.31. The van der Waals surface area contributed by atoms with E-state index in [-0.39, 0.29) is 6.61 Å². The summed E-state index contributed by atoms with van der Waals surface area (Å²) in [6.07, 6.45) is 1.27. The molecule has 1 N–H and O–H groups in total. The second-order valence-electron chi connectivity index (χ2n) is 5.49. The van der Waals surface area contributed by atoms with Crippen LogP contribution >= 0.6 is 0 Å². The van der Waals surface area contributed by atoms with Crippen molar-refractivity contribution in [3.63, 3.8) is 0 Å². The molecule has 1 aromatic carbocycles. The summed E-state index contributed by atoms with van der Waals surface area (Å²) in [4.78, 5) is 4.91. The predicted molar refractivity (Wildman–Crippen MR) is 79.0 cm³/mol. The van der Waals surface area contributed by atoms with E-state index in [0.717, 1.165) is 38.6 Å². The van der Waals surface area contributed by atoms with E-state index in [4.69, 9.17) is 5.11 Å². The molecule has 0 saturated carbocycles. The average Bonchev–Trinajstić information content (AvgIpc) is 2.87. The molecular weight excluding hydrogens is 236 g/mol. The van der Waals surface area contributed by atoms with E-state index in [1.54, 1.807) is 0 Å². The predicted octanol–water partition coefficient (Wildman–Crippen LogP) is 1.82. The fraction of sp³-hybridized carbons (Fsp3) is 0.625. The van der Waals surface area contributed by atoms with Crippen LogP contribution in [-0.2, 0) is 6.54 Å². The Hall–Kier alpha value is -0.900. The number of benzene rings is 1. The van der Waals surface area contributed by atoms with Gasteiger partial charge in [-0.1, -0.05) is 37.3 Å². The van der Waals surface area contributed by atoms with Crippen LogP contribution < -0.4 is 0 Å². The number of likely N-dealkylation sites (tertiary alicyclic amines) is 1. The second kappa shape index (κ2) is 7.63. The van der Waals surface area contributed by atoms with Gasteiger partial charge in [-0.3, -0.25) is 4.90 Å². The first-order valence-electron chi connectivity index (χ1n) is 7.41. The molecule has 0 radical (unpaired) electrons. The van der Waals surface area contributed by atoms with Crippen molar-refractivity contribution in [3.05, 3.63) is 35.9 Å². The summed E-state index contributed by atoms with van der Waals surface area (Å²) in [6.45, 7) is 8.98.